The minimum Gasteiger partial charge on any atom is -0.441 e. The highest BCUT2D eigenvalue weighted by atomic mass is 16.4. The van der Waals surface area contributed by atoms with E-state index in [0.717, 1.165) is 62.3 Å². The van der Waals surface area contributed by atoms with Crippen LogP contribution in [0.2, 0.25) is 0 Å². The summed E-state index contributed by atoms with van der Waals surface area (Å²) < 4.78 is 5.93. The van der Waals surface area contributed by atoms with Gasteiger partial charge in [-0.25, -0.2) is 4.98 Å². The molecular weight excluding hydrogens is 302 g/mol. The maximum atomic E-state index is 12.8. The number of carbonyl (C=O) groups is 1. The molecule has 1 aromatic heterocycles. The number of nitrogens with zero attached hydrogens (tertiary/aromatic N) is 2. The van der Waals surface area contributed by atoms with Gasteiger partial charge in [-0.05, 0) is 44.5 Å². The molecule has 1 aromatic carbocycles. The Hall–Kier alpha value is -2.14. The Morgan fingerprint density at radius 3 is 2.96 bits per heavy atom. The Morgan fingerprint density at radius 2 is 2.08 bits per heavy atom. The zero-order valence-electron chi connectivity index (χ0n) is 13.8. The zero-order valence-corrected chi connectivity index (χ0v) is 13.8. The van der Waals surface area contributed by atoms with Crippen LogP contribution in [0, 0.1) is 5.92 Å². The van der Waals surface area contributed by atoms with Crippen molar-refractivity contribution in [1.29, 1.82) is 0 Å². The first-order chi connectivity index (χ1) is 11.8. The third kappa shape index (κ3) is 3.08. The van der Waals surface area contributed by atoms with Gasteiger partial charge in [0.25, 0.3) is 0 Å². The largest absolute Gasteiger partial charge is 0.441 e. The molecule has 1 fully saturated rings. The highest BCUT2D eigenvalue weighted by molar-refractivity contribution is 5.79. The number of rotatable bonds is 2. The number of oxazole rings is 1. The lowest BCUT2D eigenvalue weighted by Crippen LogP contribution is -2.40. The number of hydrogen-bond donors (Lipinski definition) is 1. The van der Waals surface area contributed by atoms with Crippen LogP contribution >= 0.6 is 0 Å². The monoisotopic (exact) mass is 325 g/mol. The van der Waals surface area contributed by atoms with Gasteiger partial charge < -0.3 is 14.6 Å². The molecule has 1 unspecified atom stereocenters. The first-order valence-electron chi connectivity index (χ1n) is 8.85. The summed E-state index contributed by atoms with van der Waals surface area (Å²) in [6.45, 7) is 3.28. The molecule has 1 N–H and O–H groups in total. The molecule has 0 aliphatic carbocycles. The lowest BCUT2D eigenvalue weighted by atomic mass is 9.98. The van der Waals surface area contributed by atoms with Gasteiger partial charge in [0.1, 0.15) is 11.5 Å². The van der Waals surface area contributed by atoms with E-state index in [1.54, 1.807) is 0 Å². The number of hydrogen-bond acceptors (Lipinski definition) is 4. The van der Waals surface area contributed by atoms with Crippen molar-refractivity contribution in [1.82, 2.24) is 15.2 Å². The van der Waals surface area contributed by atoms with Crippen LogP contribution in [0.5, 0.6) is 0 Å². The smallest absolute Gasteiger partial charge is 0.226 e. The minimum atomic E-state index is 0.155. The molecule has 3 heterocycles. The van der Waals surface area contributed by atoms with Gasteiger partial charge in [-0.15, -0.1) is 0 Å². The number of benzene rings is 1. The molecule has 0 bridgehead atoms. The summed E-state index contributed by atoms with van der Waals surface area (Å²) in [5.74, 6) is 2.03. The average molecular weight is 325 g/mol. The van der Waals surface area contributed by atoms with Crippen molar-refractivity contribution in [2.24, 2.45) is 5.92 Å². The quantitative estimate of drug-likeness (QED) is 0.922. The van der Waals surface area contributed by atoms with Gasteiger partial charge in [0.2, 0.25) is 11.8 Å². The second-order valence-electron chi connectivity index (χ2n) is 6.64. The van der Waals surface area contributed by atoms with E-state index in [-0.39, 0.29) is 11.8 Å². The normalized spacial score (nSPS) is 21.2. The molecule has 2 aromatic rings. The molecule has 1 saturated heterocycles. The van der Waals surface area contributed by atoms with E-state index >= 15 is 0 Å². The molecule has 1 amide bonds. The van der Waals surface area contributed by atoms with Gasteiger partial charge in [0, 0.05) is 24.4 Å². The first-order valence-corrected chi connectivity index (χ1v) is 8.85. The van der Waals surface area contributed by atoms with Crippen LogP contribution in [-0.4, -0.2) is 35.4 Å². The zero-order chi connectivity index (χ0) is 16.4. The summed E-state index contributed by atoms with van der Waals surface area (Å²) >= 11 is 0. The summed E-state index contributed by atoms with van der Waals surface area (Å²) in [5, 5.41) is 3.37. The predicted molar refractivity (Wildman–Crippen MR) is 91.3 cm³/mol. The first kappa shape index (κ1) is 15.4. The van der Waals surface area contributed by atoms with Gasteiger partial charge in [-0.2, -0.15) is 0 Å². The van der Waals surface area contributed by atoms with Crippen LogP contribution in [0.15, 0.2) is 34.7 Å². The second-order valence-corrected chi connectivity index (χ2v) is 6.64. The SMILES string of the molecule is O=C(C1CCCNCC1)N1CCc2oc(-c3ccccc3)nc2C1. The Labute approximate surface area is 142 Å². The van der Waals surface area contributed by atoms with Crippen molar-refractivity contribution >= 4 is 5.91 Å². The molecule has 1 atom stereocenters. The molecule has 24 heavy (non-hydrogen) atoms. The molecule has 0 saturated carbocycles. The van der Waals surface area contributed by atoms with Gasteiger partial charge in [-0.1, -0.05) is 18.2 Å². The molecule has 2 aliphatic rings. The second kappa shape index (κ2) is 6.77. The van der Waals surface area contributed by atoms with Crippen LogP contribution in [0.4, 0.5) is 0 Å². The standard InChI is InChI=1S/C19H23N3O2/c23-19(15-7-4-10-20-11-8-15)22-12-9-17-16(13-22)21-18(24-17)14-5-2-1-3-6-14/h1-3,5-6,15,20H,4,7-13H2. The Kier molecular flexibility index (Phi) is 4.34. The van der Waals surface area contributed by atoms with E-state index in [0.29, 0.717) is 12.4 Å². The van der Waals surface area contributed by atoms with Gasteiger partial charge in [-0.3, -0.25) is 4.79 Å². The molecule has 2 aliphatic heterocycles. The van der Waals surface area contributed by atoms with Crippen LogP contribution in [-0.2, 0) is 17.8 Å². The number of carbonyl (C=O) groups excluding carboxylic acids is 1. The summed E-state index contributed by atoms with van der Waals surface area (Å²) in [4.78, 5) is 19.4. The third-order valence-corrected chi connectivity index (χ3v) is 4.99. The highest BCUT2D eigenvalue weighted by Crippen LogP contribution is 2.27. The fraction of sp³-hybridized carbons (Fsp3) is 0.474. The average Bonchev–Trinajstić information content (AvgIpc) is 2.87. The molecule has 5 heteroatoms. The Morgan fingerprint density at radius 1 is 1.21 bits per heavy atom. The van der Waals surface area contributed by atoms with Crippen molar-refractivity contribution in [2.75, 3.05) is 19.6 Å². The Balaban J connectivity index is 1.49. The summed E-state index contributed by atoms with van der Waals surface area (Å²) in [6, 6.07) is 9.94. The maximum absolute atomic E-state index is 12.8. The Bertz CT molecular complexity index is 703. The topological polar surface area (TPSA) is 58.4 Å². The van der Waals surface area contributed by atoms with Crippen LogP contribution in [0.1, 0.15) is 30.7 Å². The minimum absolute atomic E-state index is 0.155. The lowest BCUT2D eigenvalue weighted by molar-refractivity contribution is -0.137. The van der Waals surface area contributed by atoms with Crippen LogP contribution in [0.25, 0.3) is 11.5 Å². The van der Waals surface area contributed by atoms with E-state index in [2.05, 4.69) is 10.3 Å². The van der Waals surface area contributed by atoms with Crippen LogP contribution < -0.4 is 5.32 Å². The van der Waals surface area contributed by atoms with Crippen molar-refractivity contribution < 1.29 is 9.21 Å². The van der Waals surface area contributed by atoms with Gasteiger partial charge >= 0.3 is 0 Å². The van der Waals surface area contributed by atoms with Gasteiger partial charge in [0.15, 0.2) is 0 Å². The molecule has 5 nitrogen and oxygen atoms in total. The molecular formula is C19H23N3O2. The number of nitrogens with one attached hydrogen (secondary N) is 1. The van der Waals surface area contributed by atoms with E-state index in [9.17, 15) is 4.79 Å². The lowest BCUT2D eigenvalue weighted by Gasteiger charge is -2.28. The number of amides is 1. The molecule has 4 rings (SSSR count). The van der Waals surface area contributed by atoms with Crippen molar-refractivity contribution in [3.63, 3.8) is 0 Å². The van der Waals surface area contributed by atoms with E-state index in [4.69, 9.17) is 4.42 Å². The maximum Gasteiger partial charge on any atom is 0.226 e. The van der Waals surface area contributed by atoms with Crippen molar-refractivity contribution in [3.05, 3.63) is 41.8 Å². The molecule has 0 radical (unpaired) electrons. The fourth-order valence-electron chi connectivity index (χ4n) is 3.62. The molecule has 0 spiro atoms. The summed E-state index contributed by atoms with van der Waals surface area (Å²) in [7, 11) is 0. The fourth-order valence-corrected chi connectivity index (χ4v) is 3.62. The van der Waals surface area contributed by atoms with Crippen molar-refractivity contribution in [2.45, 2.75) is 32.2 Å². The number of fused-ring (bicyclic) bond motifs is 1. The molecule has 126 valence electrons. The summed E-state index contributed by atoms with van der Waals surface area (Å²) in [5.41, 5.74) is 1.90. The number of aromatic nitrogens is 1. The van der Waals surface area contributed by atoms with Crippen LogP contribution in [0.3, 0.4) is 0 Å². The van der Waals surface area contributed by atoms with Gasteiger partial charge in [0.05, 0.1) is 6.54 Å². The third-order valence-electron chi connectivity index (χ3n) is 4.99. The summed E-state index contributed by atoms with van der Waals surface area (Å²) in [6.07, 6.45) is 3.77. The van der Waals surface area contributed by atoms with E-state index in [1.807, 2.05) is 35.2 Å². The van der Waals surface area contributed by atoms with Crippen molar-refractivity contribution in [3.8, 4) is 11.5 Å². The predicted octanol–water partition coefficient (Wildman–Crippen LogP) is 2.62. The van der Waals surface area contributed by atoms with E-state index < -0.39 is 0 Å². The highest BCUT2D eigenvalue weighted by Gasteiger charge is 2.30. The van der Waals surface area contributed by atoms with E-state index in [1.165, 1.54) is 0 Å².